The highest BCUT2D eigenvalue weighted by molar-refractivity contribution is 7.90. The highest BCUT2D eigenvalue weighted by atomic mass is 32.2. The lowest BCUT2D eigenvalue weighted by Gasteiger charge is -2.27. The molecule has 9 nitrogen and oxygen atoms in total. The van der Waals surface area contributed by atoms with Crippen molar-refractivity contribution >= 4 is 27.1 Å². The van der Waals surface area contributed by atoms with Crippen molar-refractivity contribution in [3.05, 3.63) is 100 Å². The van der Waals surface area contributed by atoms with Crippen LogP contribution in [0, 0.1) is 20.8 Å². The lowest BCUT2D eigenvalue weighted by atomic mass is 9.92. The first-order chi connectivity index (χ1) is 21.8. The summed E-state index contributed by atoms with van der Waals surface area (Å²) in [5.41, 5.74) is 9.59. The van der Waals surface area contributed by atoms with Gasteiger partial charge in [0, 0.05) is 49.6 Å². The quantitative estimate of drug-likeness (QED) is 0.256. The van der Waals surface area contributed by atoms with Crippen molar-refractivity contribution in [2.75, 3.05) is 27.2 Å². The van der Waals surface area contributed by atoms with Crippen LogP contribution in [0.15, 0.2) is 71.9 Å². The summed E-state index contributed by atoms with van der Waals surface area (Å²) in [7, 11) is -0.229. The highest BCUT2D eigenvalue weighted by Gasteiger charge is 2.26. The topological polar surface area (TPSA) is 109 Å². The third kappa shape index (κ3) is 5.84. The second kappa shape index (κ2) is 12.1. The van der Waals surface area contributed by atoms with Crippen LogP contribution in [0.1, 0.15) is 45.1 Å². The summed E-state index contributed by atoms with van der Waals surface area (Å²) in [6.07, 6.45) is 3.57. The van der Waals surface area contributed by atoms with E-state index in [4.69, 9.17) is 9.97 Å². The SMILES string of the molecule is Cc1ccc(S(=O)(=O)n2cc(-c3ccc(C(=O)N(C)C[C@H](C)O)c(C)c3)c3nc(-c4cc(C)c5c(c4)CN(C)CC5)cnc32)cc1. The van der Waals surface area contributed by atoms with E-state index in [1.165, 1.54) is 25.6 Å². The number of aliphatic hydroxyl groups is 1. The fourth-order valence-electron chi connectivity index (χ4n) is 6.29. The average Bonchev–Trinajstić information content (AvgIpc) is 3.40. The van der Waals surface area contributed by atoms with Gasteiger partial charge in [-0.3, -0.25) is 4.79 Å². The summed E-state index contributed by atoms with van der Waals surface area (Å²) in [4.78, 5) is 26.8. The third-order valence-corrected chi connectivity index (χ3v) is 10.4. The van der Waals surface area contributed by atoms with E-state index in [9.17, 15) is 18.3 Å². The summed E-state index contributed by atoms with van der Waals surface area (Å²) < 4.78 is 29.2. The first-order valence-corrected chi connectivity index (χ1v) is 16.8. The van der Waals surface area contributed by atoms with Gasteiger partial charge in [0.05, 0.1) is 22.9 Å². The predicted molar refractivity (Wildman–Crippen MR) is 180 cm³/mol. The maximum Gasteiger partial charge on any atom is 0.269 e. The Hall–Kier alpha value is -4.38. The Bertz CT molecular complexity index is 2080. The van der Waals surface area contributed by atoms with Crippen LogP contribution in [0.2, 0.25) is 0 Å². The molecule has 0 aliphatic carbocycles. The van der Waals surface area contributed by atoms with Gasteiger partial charge in [0.2, 0.25) is 0 Å². The number of rotatable bonds is 7. The molecule has 0 spiro atoms. The van der Waals surface area contributed by atoms with Crippen LogP contribution in [0.3, 0.4) is 0 Å². The van der Waals surface area contributed by atoms with Gasteiger partial charge in [0.15, 0.2) is 5.65 Å². The number of amides is 1. The molecule has 1 aliphatic heterocycles. The Balaban J connectivity index is 1.51. The van der Waals surface area contributed by atoms with Crippen molar-refractivity contribution < 1.29 is 18.3 Å². The molecule has 5 aromatic rings. The highest BCUT2D eigenvalue weighted by Crippen LogP contribution is 2.35. The summed E-state index contributed by atoms with van der Waals surface area (Å²) >= 11 is 0. The molecule has 6 rings (SSSR count). The van der Waals surface area contributed by atoms with Crippen molar-refractivity contribution in [3.63, 3.8) is 0 Å². The van der Waals surface area contributed by atoms with Gasteiger partial charge in [0.1, 0.15) is 5.52 Å². The Labute approximate surface area is 270 Å². The number of aryl methyl sites for hydroxylation is 3. The molecule has 1 amide bonds. The van der Waals surface area contributed by atoms with Crippen molar-refractivity contribution in [2.45, 2.75) is 51.7 Å². The number of hydrogen-bond donors (Lipinski definition) is 1. The summed E-state index contributed by atoms with van der Waals surface area (Å²) in [5, 5.41) is 9.77. The zero-order chi connectivity index (χ0) is 32.9. The molecule has 1 N–H and O–H groups in total. The van der Waals surface area contributed by atoms with E-state index < -0.39 is 16.1 Å². The molecule has 2 aromatic heterocycles. The molecule has 0 fully saturated rings. The molecule has 1 aliphatic rings. The van der Waals surface area contributed by atoms with Crippen molar-refractivity contribution in [1.82, 2.24) is 23.7 Å². The number of carbonyl (C=O) groups is 1. The molecular weight excluding hydrogens is 598 g/mol. The van der Waals surface area contributed by atoms with E-state index in [0.717, 1.165) is 36.2 Å². The fraction of sp³-hybridized carbons (Fsp3) is 0.306. The number of aliphatic hydroxyl groups excluding tert-OH is 1. The summed E-state index contributed by atoms with van der Waals surface area (Å²) in [5.74, 6) is -0.204. The van der Waals surface area contributed by atoms with Gasteiger partial charge in [-0.1, -0.05) is 29.8 Å². The van der Waals surface area contributed by atoms with Crippen molar-refractivity contribution in [2.24, 2.45) is 0 Å². The van der Waals surface area contributed by atoms with E-state index in [1.807, 2.05) is 19.9 Å². The fourth-order valence-corrected chi connectivity index (χ4v) is 7.60. The zero-order valence-corrected chi connectivity index (χ0v) is 27.9. The minimum absolute atomic E-state index is 0.153. The number of fused-ring (bicyclic) bond motifs is 2. The zero-order valence-electron chi connectivity index (χ0n) is 27.1. The second-order valence-corrected chi connectivity index (χ2v) is 14.4. The van der Waals surface area contributed by atoms with Gasteiger partial charge < -0.3 is 14.9 Å². The monoisotopic (exact) mass is 637 g/mol. The van der Waals surface area contributed by atoms with Crippen molar-refractivity contribution in [3.8, 4) is 22.4 Å². The standard InChI is InChI=1S/C36H39N5O4S/c1-22-7-10-29(11-8-22)46(44,45)41-21-32(26-9-12-31(24(3)15-26)36(43)40(6)19-25(4)42)34-35(41)37-18-33(38-34)27-16-23(2)30-13-14-39(5)20-28(30)17-27/h7-12,15-18,21,25,42H,13-14,19-20H2,1-6H3/t25-/m0/s1. The normalized spacial score (nSPS) is 14.3. The van der Waals surface area contributed by atoms with Gasteiger partial charge in [-0.15, -0.1) is 0 Å². The number of nitrogens with zero attached hydrogens (tertiary/aromatic N) is 5. The van der Waals surface area contributed by atoms with E-state index in [1.54, 1.807) is 62.8 Å². The Morgan fingerprint density at radius 1 is 1.02 bits per heavy atom. The van der Waals surface area contributed by atoms with Crippen molar-refractivity contribution in [1.29, 1.82) is 0 Å². The lowest BCUT2D eigenvalue weighted by molar-refractivity contribution is 0.0703. The molecule has 0 bridgehead atoms. The van der Waals surface area contributed by atoms with E-state index >= 15 is 0 Å². The second-order valence-electron chi connectivity index (χ2n) is 12.6. The van der Waals surface area contributed by atoms with E-state index in [-0.39, 0.29) is 23.0 Å². The minimum atomic E-state index is -4.00. The van der Waals surface area contributed by atoms with Crippen LogP contribution in [0.4, 0.5) is 0 Å². The molecule has 0 saturated heterocycles. The maximum absolute atomic E-state index is 14.0. The number of carbonyl (C=O) groups excluding carboxylic acids is 1. The summed E-state index contributed by atoms with van der Waals surface area (Å²) in [6, 6.07) is 16.5. The molecule has 0 unspecified atom stereocenters. The van der Waals surface area contributed by atoms with E-state index in [0.29, 0.717) is 27.9 Å². The van der Waals surface area contributed by atoms with Gasteiger partial charge in [-0.05, 0) is 99.3 Å². The van der Waals surface area contributed by atoms with Crippen LogP contribution < -0.4 is 0 Å². The van der Waals surface area contributed by atoms with Crippen LogP contribution in [0.5, 0.6) is 0 Å². The largest absolute Gasteiger partial charge is 0.392 e. The smallest absolute Gasteiger partial charge is 0.269 e. The Morgan fingerprint density at radius 2 is 1.74 bits per heavy atom. The maximum atomic E-state index is 14.0. The van der Waals surface area contributed by atoms with Crippen LogP contribution in [-0.2, 0) is 23.0 Å². The van der Waals surface area contributed by atoms with Gasteiger partial charge >= 0.3 is 0 Å². The predicted octanol–water partition coefficient (Wildman–Crippen LogP) is 5.37. The number of benzene rings is 3. The Kier molecular flexibility index (Phi) is 8.30. The average molecular weight is 638 g/mol. The van der Waals surface area contributed by atoms with Crippen LogP contribution in [-0.4, -0.2) is 76.5 Å². The first-order valence-electron chi connectivity index (χ1n) is 15.4. The molecule has 3 heterocycles. The molecule has 46 heavy (non-hydrogen) atoms. The number of hydrogen-bond acceptors (Lipinski definition) is 7. The molecule has 0 saturated carbocycles. The molecular formula is C36H39N5O4S. The molecule has 0 radical (unpaired) electrons. The summed E-state index contributed by atoms with van der Waals surface area (Å²) in [6.45, 7) is 9.60. The van der Waals surface area contributed by atoms with Gasteiger partial charge in [0.25, 0.3) is 15.9 Å². The van der Waals surface area contributed by atoms with Gasteiger partial charge in [-0.25, -0.2) is 22.4 Å². The van der Waals surface area contributed by atoms with Gasteiger partial charge in [-0.2, -0.15) is 0 Å². The molecule has 10 heteroatoms. The first kappa shape index (κ1) is 31.6. The minimum Gasteiger partial charge on any atom is -0.392 e. The molecule has 3 aromatic carbocycles. The van der Waals surface area contributed by atoms with Crippen LogP contribution in [0.25, 0.3) is 33.5 Å². The van der Waals surface area contributed by atoms with Crippen LogP contribution >= 0.6 is 0 Å². The molecule has 238 valence electrons. The van der Waals surface area contributed by atoms with E-state index in [2.05, 4.69) is 31.0 Å². The number of likely N-dealkylation sites (N-methyl/N-ethyl adjacent to an activating group) is 2. The third-order valence-electron chi connectivity index (χ3n) is 8.74. The lowest BCUT2D eigenvalue weighted by Crippen LogP contribution is -2.33. The molecule has 1 atom stereocenters. The Morgan fingerprint density at radius 3 is 2.43 bits per heavy atom. The number of aromatic nitrogens is 3.